The van der Waals surface area contributed by atoms with Crippen molar-refractivity contribution in [2.75, 3.05) is 13.2 Å². The Kier molecular flexibility index (Phi) is 6.09. The lowest BCUT2D eigenvalue weighted by Crippen LogP contribution is -2.49. The molecule has 0 bridgehead atoms. The molecule has 9 nitrogen and oxygen atoms in total. The molecule has 216 valence electrons. The van der Waals surface area contributed by atoms with Crippen LogP contribution >= 0.6 is 0 Å². The van der Waals surface area contributed by atoms with Gasteiger partial charge in [0.25, 0.3) is 5.91 Å². The van der Waals surface area contributed by atoms with Gasteiger partial charge in [0.2, 0.25) is 5.91 Å². The number of ether oxygens (including phenoxy) is 1. The summed E-state index contributed by atoms with van der Waals surface area (Å²) in [5.41, 5.74) is 7.27. The number of primary amides is 1. The molecule has 4 heterocycles. The minimum atomic E-state index is -1.53. The maximum atomic E-state index is 13.8. The summed E-state index contributed by atoms with van der Waals surface area (Å²) in [7, 11) is 0. The summed E-state index contributed by atoms with van der Waals surface area (Å²) in [6.45, 7) is 1.64. The summed E-state index contributed by atoms with van der Waals surface area (Å²) in [6.07, 6.45) is 6.51. The largest absolute Gasteiger partial charge is 0.489 e. The maximum absolute atomic E-state index is 13.8. The third-order valence-corrected chi connectivity index (χ3v) is 9.22. The third kappa shape index (κ3) is 4.32. The number of nitrogens with zero attached hydrogens (tertiary/aromatic N) is 3. The first-order chi connectivity index (χ1) is 20.2. The van der Waals surface area contributed by atoms with Crippen molar-refractivity contribution < 1.29 is 23.8 Å². The number of amides is 2. The van der Waals surface area contributed by atoms with Crippen molar-refractivity contribution in [2.45, 2.75) is 56.0 Å². The van der Waals surface area contributed by atoms with Crippen LogP contribution in [0.4, 0.5) is 4.39 Å². The van der Waals surface area contributed by atoms with Crippen LogP contribution in [0.25, 0.3) is 16.8 Å². The standard InChI is InChI=1S/C32H32FN5O4/c1-31(30(34)40)17-42-28-24(31)15-26(36-27(28)19-7-9-22(33)10-8-19)32(41,21-3-2-4-21)16-35-29(39)20-11-12-38-23(13-20)14-25(37-38)18-5-6-18/h7-15,18,21,41H,2-6,16-17H2,1H3,(H2,34,40)(H,35,39)/t31-,32?/m0/s1. The van der Waals surface area contributed by atoms with Crippen molar-refractivity contribution in [3.8, 4) is 17.0 Å². The van der Waals surface area contributed by atoms with E-state index in [1.807, 2.05) is 6.07 Å². The van der Waals surface area contributed by atoms with Gasteiger partial charge < -0.3 is 20.9 Å². The number of carbonyl (C=O) groups is 2. The number of pyridine rings is 2. The highest BCUT2D eigenvalue weighted by molar-refractivity contribution is 5.95. The van der Waals surface area contributed by atoms with Gasteiger partial charge >= 0.3 is 0 Å². The second-order valence-electron chi connectivity index (χ2n) is 12.1. The summed E-state index contributed by atoms with van der Waals surface area (Å²) in [6, 6.07) is 13.0. The van der Waals surface area contributed by atoms with Gasteiger partial charge in [0, 0.05) is 28.8 Å². The first kappa shape index (κ1) is 26.6. The number of aromatic nitrogens is 3. The number of benzene rings is 1. The van der Waals surface area contributed by atoms with Gasteiger partial charge in [0.05, 0.1) is 23.4 Å². The van der Waals surface area contributed by atoms with Gasteiger partial charge in [0.1, 0.15) is 34.9 Å². The SMILES string of the molecule is C[C@]1(C(N)=O)COc2c1cc(C(O)(CNC(=O)c1ccn3nc(C4CC4)cc3c1)C1CCC1)nc2-c1ccc(F)cc1. The van der Waals surface area contributed by atoms with E-state index in [1.165, 1.54) is 12.1 Å². The Labute approximate surface area is 241 Å². The van der Waals surface area contributed by atoms with E-state index < -0.39 is 22.7 Å². The molecule has 4 aromatic rings. The highest BCUT2D eigenvalue weighted by Crippen LogP contribution is 2.48. The Morgan fingerprint density at radius 1 is 1.17 bits per heavy atom. The molecule has 2 saturated carbocycles. The number of halogens is 1. The fourth-order valence-corrected chi connectivity index (χ4v) is 5.99. The van der Waals surface area contributed by atoms with Crippen LogP contribution < -0.4 is 15.8 Å². The van der Waals surface area contributed by atoms with E-state index in [0.29, 0.717) is 39.7 Å². The zero-order chi connectivity index (χ0) is 29.2. The minimum Gasteiger partial charge on any atom is -0.489 e. The first-order valence-corrected chi connectivity index (χ1v) is 14.4. The van der Waals surface area contributed by atoms with Crippen molar-refractivity contribution in [1.29, 1.82) is 0 Å². The molecule has 0 radical (unpaired) electrons. The monoisotopic (exact) mass is 569 g/mol. The molecule has 1 unspecified atom stereocenters. The molecule has 2 atom stereocenters. The lowest BCUT2D eigenvalue weighted by molar-refractivity contribution is -0.123. The highest BCUT2D eigenvalue weighted by Gasteiger charge is 2.48. The predicted octanol–water partition coefficient (Wildman–Crippen LogP) is 3.97. The molecular weight excluding hydrogens is 537 g/mol. The van der Waals surface area contributed by atoms with Crippen LogP contribution in [0.1, 0.15) is 72.3 Å². The average molecular weight is 570 g/mol. The van der Waals surface area contributed by atoms with E-state index >= 15 is 0 Å². The van der Waals surface area contributed by atoms with Crippen molar-refractivity contribution in [3.05, 3.63) is 83.1 Å². The molecule has 2 aliphatic carbocycles. The Morgan fingerprint density at radius 2 is 1.93 bits per heavy atom. The Balaban J connectivity index is 1.25. The van der Waals surface area contributed by atoms with E-state index in [1.54, 1.807) is 48.0 Å². The van der Waals surface area contributed by atoms with Crippen LogP contribution in [0.3, 0.4) is 0 Å². The zero-order valence-corrected chi connectivity index (χ0v) is 23.3. The molecule has 0 saturated heterocycles. The van der Waals surface area contributed by atoms with Crippen LogP contribution in [-0.4, -0.2) is 44.7 Å². The van der Waals surface area contributed by atoms with E-state index in [4.69, 9.17) is 15.5 Å². The molecule has 2 fully saturated rings. The van der Waals surface area contributed by atoms with Gasteiger partial charge in [-0.1, -0.05) is 6.42 Å². The lowest BCUT2D eigenvalue weighted by atomic mass is 9.70. The summed E-state index contributed by atoms with van der Waals surface area (Å²) in [4.78, 5) is 30.8. The quantitative estimate of drug-likeness (QED) is 0.294. The highest BCUT2D eigenvalue weighted by atomic mass is 19.1. The summed E-state index contributed by atoms with van der Waals surface area (Å²) < 4.78 is 21.5. The molecular formula is C32H32FN5O4. The molecule has 1 aromatic carbocycles. The number of hydrogen-bond donors (Lipinski definition) is 3. The Bertz CT molecular complexity index is 1730. The summed E-state index contributed by atoms with van der Waals surface area (Å²) in [5.74, 6) is -0.572. The molecule has 1 aliphatic heterocycles. The van der Waals surface area contributed by atoms with Crippen LogP contribution in [-0.2, 0) is 15.8 Å². The van der Waals surface area contributed by atoms with Crippen LogP contribution in [0, 0.1) is 11.7 Å². The van der Waals surface area contributed by atoms with Gasteiger partial charge in [-0.2, -0.15) is 5.10 Å². The summed E-state index contributed by atoms with van der Waals surface area (Å²) in [5, 5.41) is 19.8. The Morgan fingerprint density at radius 3 is 2.60 bits per heavy atom. The molecule has 3 aromatic heterocycles. The van der Waals surface area contributed by atoms with Gasteiger partial charge in [-0.3, -0.25) is 9.59 Å². The molecule has 7 rings (SSSR count). The average Bonchev–Trinajstić information content (AvgIpc) is 3.62. The smallest absolute Gasteiger partial charge is 0.251 e. The number of aliphatic hydroxyl groups is 1. The number of hydrogen-bond acceptors (Lipinski definition) is 6. The van der Waals surface area contributed by atoms with E-state index in [0.717, 1.165) is 43.3 Å². The van der Waals surface area contributed by atoms with E-state index in [-0.39, 0.29) is 25.0 Å². The lowest BCUT2D eigenvalue weighted by Gasteiger charge is -2.41. The van der Waals surface area contributed by atoms with Gasteiger partial charge in [-0.15, -0.1) is 0 Å². The molecule has 10 heteroatoms. The van der Waals surface area contributed by atoms with Crippen LogP contribution in [0.15, 0.2) is 54.7 Å². The summed E-state index contributed by atoms with van der Waals surface area (Å²) >= 11 is 0. The van der Waals surface area contributed by atoms with Gasteiger partial charge in [0.15, 0.2) is 0 Å². The number of fused-ring (bicyclic) bond motifs is 2. The van der Waals surface area contributed by atoms with Crippen LogP contribution in [0.2, 0.25) is 0 Å². The van der Waals surface area contributed by atoms with Crippen LogP contribution in [0.5, 0.6) is 5.75 Å². The van der Waals surface area contributed by atoms with Crippen molar-refractivity contribution in [2.24, 2.45) is 11.7 Å². The molecule has 2 amide bonds. The Hall–Kier alpha value is -4.31. The van der Waals surface area contributed by atoms with Gasteiger partial charge in [-0.25, -0.2) is 13.9 Å². The van der Waals surface area contributed by atoms with Crippen molar-refractivity contribution in [3.63, 3.8) is 0 Å². The molecule has 0 spiro atoms. The number of nitrogens with one attached hydrogen (secondary N) is 1. The number of rotatable bonds is 8. The van der Waals surface area contributed by atoms with E-state index in [9.17, 15) is 19.1 Å². The number of nitrogens with two attached hydrogens (primary N) is 1. The third-order valence-electron chi connectivity index (χ3n) is 9.22. The fraction of sp³-hybridized carbons (Fsp3) is 0.375. The van der Waals surface area contributed by atoms with E-state index in [2.05, 4.69) is 10.4 Å². The number of carbonyl (C=O) groups excluding carboxylic acids is 2. The van der Waals surface area contributed by atoms with Gasteiger partial charge in [-0.05, 0) is 87.1 Å². The second-order valence-corrected chi connectivity index (χ2v) is 12.1. The topological polar surface area (TPSA) is 132 Å². The zero-order valence-electron chi connectivity index (χ0n) is 23.3. The predicted molar refractivity (Wildman–Crippen MR) is 152 cm³/mol. The van der Waals surface area contributed by atoms with Crippen molar-refractivity contribution >= 4 is 17.3 Å². The molecule has 4 N–H and O–H groups in total. The second kappa shape index (κ2) is 9.62. The molecule has 3 aliphatic rings. The first-order valence-electron chi connectivity index (χ1n) is 14.4. The minimum absolute atomic E-state index is 0.0229. The normalized spacial score (nSPS) is 21.3. The van der Waals surface area contributed by atoms with Crippen molar-refractivity contribution in [1.82, 2.24) is 19.9 Å². The maximum Gasteiger partial charge on any atom is 0.251 e. The molecule has 42 heavy (non-hydrogen) atoms. The fourth-order valence-electron chi connectivity index (χ4n) is 5.99.